The zero-order valence-electron chi connectivity index (χ0n) is 14.2. The molecule has 0 aromatic carbocycles. The van der Waals surface area contributed by atoms with Gasteiger partial charge in [-0.2, -0.15) is 0 Å². The van der Waals surface area contributed by atoms with Crippen LogP contribution in [0.1, 0.15) is 34.0 Å². The van der Waals surface area contributed by atoms with E-state index in [1.54, 1.807) is 0 Å². The summed E-state index contributed by atoms with van der Waals surface area (Å²) in [6.07, 6.45) is 1.16. The van der Waals surface area contributed by atoms with Crippen LogP contribution in [0, 0.1) is 5.92 Å². The maximum atomic E-state index is 12.2. The Labute approximate surface area is 126 Å². The average Bonchev–Trinajstić information content (AvgIpc) is 2.80. The van der Waals surface area contributed by atoms with E-state index in [1.165, 1.54) is 28.4 Å². The molecule has 0 N–H and O–H groups in total. The molecule has 0 aromatic heterocycles. The molecule has 0 amide bonds. The van der Waals surface area contributed by atoms with Gasteiger partial charge in [0.25, 0.3) is 0 Å². The van der Waals surface area contributed by atoms with E-state index in [0.29, 0.717) is 12.0 Å². The van der Waals surface area contributed by atoms with Gasteiger partial charge in [-0.05, 0) is 12.8 Å². The van der Waals surface area contributed by atoms with Crippen molar-refractivity contribution in [3.05, 3.63) is 11.1 Å². The third-order valence-electron chi connectivity index (χ3n) is 3.69. The molecule has 0 radical (unpaired) electrons. The van der Waals surface area contributed by atoms with E-state index >= 15 is 0 Å². The fourth-order valence-corrected chi connectivity index (χ4v) is 2.56. The Kier molecular flexibility index (Phi) is 5.76. The molecule has 1 aliphatic carbocycles. The van der Waals surface area contributed by atoms with Crippen LogP contribution in [0.25, 0.3) is 0 Å². The summed E-state index contributed by atoms with van der Waals surface area (Å²) in [5.74, 6) is -4.07. The van der Waals surface area contributed by atoms with Gasteiger partial charge in [0, 0.05) is 22.0 Å². The monoisotopic (exact) mass is 301 g/mol. The number of unbranched alkanes of at least 4 members (excludes halogenated alkanes) is 1. The van der Waals surface area contributed by atoms with Gasteiger partial charge in [-0.25, -0.2) is 4.79 Å². The van der Waals surface area contributed by atoms with Crippen LogP contribution in [-0.4, -0.2) is 46.2 Å². The molecule has 0 saturated carbocycles. The highest BCUT2D eigenvalue weighted by molar-refractivity contribution is 5.98. The Hall–Kier alpha value is -1.40. The predicted molar refractivity (Wildman–Crippen MR) is 75.4 cm³/mol. The van der Waals surface area contributed by atoms with Crippen molar-refractivity contribution in [3.8, 4) is 0 Å². The number of ether oxygens (including phenoxy) is 4. The summed E-state index contributed by atoms with van der Waals surface area (Å²) in [5.41, 5.74) is 0.624. The fraction of sp³-hybridized carbons (Fsp3) is 0.733. The zero-order chi connectivity index (χ0) is 16.9. The van der Waals surface area contributed by atoms with E-state index in [1.807, 2.05) is 6.92 Å². The zero-order valence-corrected chi connectivity index (χ0v) is 13.2. The number of hydrogen-bond donors (Lipinski definition) is 0. The van der Waals surface area contributed by atoms with Crippen molar-refractivity contribution in [3.63, 3.8) is 0 Å². The number of carbonyl (C=O) groups is 2. The highest BCUT2D eigenvalue weighted by atomic mass is 16.7. The van der Waals surface area contributed by atoms with Crippen molar-refractivity contribution in [1.82, 2.24) is 0 Å². The minimum absolute atomic E-state index is 0.117. The van der Waals surface area contributed by atoms with Crippen LogP contribution in [0.2, 0.25) is 0 Å². The molecule has 1 aliphatic rings. The van der Waals surface area contributed by atoms with Crippen molar-refractivity contribution in [2.75, 3.05) is 28.4 Å². The number of methoxy groups -OCH3 is 4. The molecule has 0 unspecified atom stereocenters. The molecule has 0 aromatic rings. The maximum Gasteiger partial charge on any atom is 0.334 e. The van der Waals surface area contributed by atoms with Crippen LogP contribution in [0.5, 0.6) is 0 Å². The molecule has 0 saturated heterocycles. The topological polar surface area (TPSA) is 71.1 Å². The molecule has 6 heteroatoms. The summed E-state index contributed by atoms with van der Waals surface area (Å²) in [7, 11) is 5.15. The second-order valence-electron chi connectivity index (χ2n) is 4.76. The first-order chi connectivity index (χ1) is 10.4. The lowest BCUT2D eigenvalue weighted by molar-refractivity contribution is -0.230. The smallest absolute Gasteiger partial charge is 0.334 e. The first-order valence-corrected chi connectivity index (χ1v) is 6.86. The summed E-state index contributed by atoms with van der Waals surface area (Å²) in [4.78, 5) is 24.4. The normalized spacial score (nSPS) is 24.7. The number of esters is 2. The first-order valence-electron chi connectivity index (χ1n) is 7.44. The largest absolute Gasteiger partial charge is 0.468 e. The van der Waals surface area contributed by atoms with Gasteiger partial charge in [0.05, 0.1) is 19.8 Å². The minimum Gasteiger partial charge on any atom is -0.468 e. The predicted octanol–water partition coefficient (Wildman–Crippen LogP) is 1.83. The average molecular weight is 301 g/mol. The van der Waals surface area contributed by atoms with Crippen molar-refractivity contribution < 1.29 is 29.9 Å². The molecule has 1 rings (SSSR count). The van der Waals surface area contributed by atoms with E-state index in [4.69, 9.17) is 20.3 Å². The second-order valence-corrected chi connectivity index (χ2v) is 4.76. The molecule has 0 heterocycles. The Morgan fingerprint density at radius 2 is 1.86 bits per heavy atom. The third kappa shape index (κ3) is 3.27. The van der Waals surface area contributed by atoms with Crippen LogP contribution >= 0.6 is 0 Å². The van der Waals surface area contributed by atoms with Crippen molar-refractivity contribution in [1.29, 1.82) is 0 Å². The van der Waals surface area contributed by atoms with Gasteiger partial charge in [-0.1, -0.05) is 18.9 Å². The molecule has 0 spiro atoms. The number of carbonyl (C=O) groups excluding carboxylic acids is 2. The first kappa shape index (κ1) is 16.0. The fourth-order valence-electron chi connectivity index (χ4n) is 2.56. The van der Waals surface area contributed by atoms with E-state index in [9.17, 15) is 9.59 Å². The Bertz CT molecular complexity index is 455. The molecule has 2 atom stereocenters. The van der Waals surface area contributed by atoms with E-state index < -0.39 is 30.0 Å². The van der Waals surface area contributed by atoms with Crippen LogP contribution < -0.4 is 0 Å². The third-order valence-corrected chi connectivity index (χ3v) is 3.69. The molecular formula is C15H24O6. The van der Waals surface area contributed by atoms with Crippen LogP contribution in [0.4, 0.5) is 0 Å². The lowest BCUT2D eigenvalue weighted by atomic mass is 9.95. The summed E-state index contributed by atoms with van der Waals surface area (Å²) in [6, 6.07) is 0. The highest BCUT2D eigenvalue weighted by Gasteiger charge is 2.55. The molecule has 21 heavy (non-hydrogen) atoms. The maximum absolute atomic E-state index is 12.2. The summed E-state index contributed by atoms with van der Waals surface area (Å²) >= 11 is 0. The minimum atomic E-state index is -1.58. The second kappa shape index (κ2) is 7.56. The van der Waals surface area contributed by atoms with Gasteiger partial charge in [0.1, 0.15) is 5.92 Å². The standard InChI is InChI=1S/C15H24O6/c1-6-7-8-10-9-15(20-4,21-5)12(14(17)19-3)11(10)13(16)18-2/h12H,6-9H2,1-5H3/t12-/m0/s1/i9D/t9-,12-. The van der Waals surface area contributed by atoms with Crippen LogP contribution in [-0.2, 0) is 28.5 Å². The van der Waals surface area contributed by atoms with Gasteiger partial charge in [0.15, 0.2) is 5.79 Å². The highest BCUT2D eigenvalue weighted by Crippen LogP contribution is 2.46. The number of hydrogen-bond acceptors (Lipinski definition) is 6. The van der Waals surface area contributed by atoms with Gasteiger partial charge < -0.3 is 18.9 Å². The summed E-state index contributed by atoms with van der Waals surface area (Å²) in [6.45, 7) is 2.00. The summed E-state index contributed by atoms with van der Waals surface area (Å²) in [5, 5.41) is 0. The van der Waals surface area contributed by atoms with E-state index in [0.717, 1.165) is 12.8 Å². The SMILES string of the molecule is [2H][C@H]1C(CCCC)=C(C(=O)OC)[C@@H](C(=O)OC)C1(OC)OC. The van der Waals surface area contributed by atoms with E-state index in [2.05, 4.69) is 0 Å². The Morgan fingerprint density at radius 3 is 2.29 bits per heavy atom. The van der Waals surface area contributed by atoms with Crippen molar-refractivity contribution in [2.45, 2.75) is 38.4 Å². The van der Waals surface area contributed by atoms with Crippen molar-refractivity contribution >= 4 is 11.9 Å². The van der Waals surface area contributed by atoms with Gasteiger partial charge in [0.2, 0.25) is 0 Å². The molecular weight excluding hydrogens is 276 g/mol. The van der Waals surface area contributed by atoms with Crippen LogP contribution in [0.3, 0.4) is 0 Å². The van der Waals surface area contributed by atoms with Crippen LogP contribution in [0.15, 0.2) is 11.1 Å². The van der Waals surface area contributed by atoms with Gasteiger partial charge in [-0.3, -0.25) is 4.79 Å². The molecule has 0 bridgehead atoms. The molecule has 120 valence electrons. The lowest BCUT2D eigenvalue weighted by Crippen LogP contribution is -2.45. The van der Waals surface area contributed by atoms with Crippen molar-refractivity contribution in [2.24, 2.45) is 5.92 Å². The molecule has 0 aliphatic heterocycles. The summed E-state index contributed by atoms with van der Waals surface area (Å²) < 4.78 is 28.8. The van der Waals surface area contributed by atoms with E-state index in [-0.39, 0.29) is 5.57 Å². The molecule has 0 fully saturated rings. The lowest BCUT2D eigenvalue weighted by Gasteiger charge is -2.32. The Morgan fingerprint density at radius 1 is 1.24 bits per heavy atom. The quantitative estimate of drug-likeness (QED) is 0.528. The van der Waals surface area contributed by atoms with Gasteiger partial charge >= 0.3 is 11.9 Å². The Balaban J connectivity index is 3.48. The molecule has 6 nitrogen and oxygen atoms in total. The van der Waals surface area contributed by atoms with Gasteiger partial charge in [-0.15, -0.1) is 0 Å². The number of rotatable bonds is 7.